The van der Waals surface area contributed by atoms with E-state index >= 15 is 0 Å². The Kier molecular flexibility index (Phi) is 5.50. The minimum absolute atomic E-state index is 0.125. The smallest absolute Gasteiger partial charge is 0.131 e. The number of nitrogens with zero attached hydrogens (tertiary/aromatic N) is 2. The first-order valence-electron chi connectivity index (χ1n) is 7.09. The minimum Gasteiger partial charge on any atom is -0.497 e. The van der Waals surface area contributed by atoms with Crippen molar-refractivity contribution in [2.75, 3.05) is 33.3 Å². The highest BCUT2D eigenvalue weighted by molar-refractivity contribution is 7.80. The Morgan fingerprint density at radius 2 is 2.05 bits per heavy atom. The van der Waals surface area contributed by atoms with Crippen molar-refractivity contribution in [2.45, 2.75) is 19.5 Å². The molecule has 0 aromatic heterocycles. The van der Waals surface area contributed by atoms with Gasteiger partial charge in [0.2, 0.25) is 0 Å². The molecule has 1 unspecified atom stereocenters. The zero-order valence-electron chi connectivity index (χ0n) is 12.5. The van der Waals surface area contributed by atoms with Gasteiger partial charge in [0, 0.05) is 44.4 Å². The molecule has 0 bridgehead atoms. The second kappa shape index (κ2) is 7.15. The number of thiocarbonyl (C=S) groups is 1. The summed E-state index contributed by atoms with van der Waals surface area (Å²) in [6, 6.07) is 5.14. The third-order valence-corrected chi connectivity index (χ3v) is 4.36. The fourth-order valence-electron chi connectivity index (χ4n) is 2.51. The average molecular weight is 311 g/mol. The Hall–Kier alpha value is -1.24. The van der Waals surface area contributed by atoms with Gasteiger partial charge in [-0.05, 0) is 13.0 Å². The molecule has 1 aliphatic rings. The monoisotopic (exact) mass is 311 g/mol. The first-order valence-corrected chi connectivity index (χ1v) is 7.50. The molecule has 0 amide bonds. The van der Waals surface area contributed by atoms with E-state index in [0.717, 1.165) is 26.2 Å². The lowest BCUT2D eigenvalue weighted by Crippen LogP contribution is -2.52. The lowest BCUT2D eigenvalue weighted by atomic mass is 10.1. The summed E-state index contributed by atoms with van der Waals surface area (Å²) >= 11 is 5.04. The number of hydrogen-bond donors (Lipinski definition) is 1. The molecular weight excluding hydrogens is 289 g/mol. The van der Waals surface area contributed by atoms with Crippen molar-refractivity contribution in [2.24, 2.45) is 5.73 Å². The number of halogens is 1. The molecule has 0 aliphatic carbocycles. The van der Waals surface area contributed by atoms with Crippen molar-refractivity contribution >= 4 is 17.2 Å². The van der Waals surface area contributed by atoms with Crippen LogP contribution in [-0.2, 0) is 6.54 Å². The van der Waals surface area contributed by atoms with E-state index in [2.05, 4.69) is 9.80 Å². The highest BCUT2D eigenvalue weighted by Crippen LogP contribution is 2.18. The summed E-state index contributed by atoms with van der Waals surface area (Å²) in [6.07, 6.45) is 0. The van der Waals surface area contributed by atoms with Crippen molar-refractivity contribution in [1.29, 1.82) is 0 Å². The maximum atomic E-state index is 14.0. The zero-order chi connectivity index (χ0) is 15.4. The van der Waals surface area contributed by atoms with Crippen LogP contribution in [0, 0.1) is 5.82 Å². The maximum Gasteiger partial charge on any atom is 0.131 e. The van der Waals surface area contributed by atoms with Crippen molar-refractivity contribution in [3.63, 3.8) is 0 Å². The van der Waals surface area contributed by atoms with E-state index in [9.17, 15) is 4.39 Å². The number of ether oxygens (including phenoxy) is 1. The van der Waals surface area contributed by atoms with Crippen molar-refractivity contribution < 1.29 is 9.13 Å². The SMILES string of the molecule is COc1ccc(CN2CCN(C(C)C(N)=S)CC2)c(F)c1. The van der Waals surface area contributed by atoms with Gasteiger partial charge in [-0.15, -0.1) is 0 Å². The first kappa shape index (κ1) is 16.1. The normalized spacial score (nSPS) is 18.4. The van der Waals surface area contributed by atoms with Crippen LogP contribution in [0.1, 0.15) is 12.5 Å². The number of rotatable bonds is 5. The van der Waals surface area contributed by atoms with Gasteiger partial charge in [-0.1, -0.05) is 18.3 Å². The van der Waals surface area contributed by atoms with Gasteiger partial charge in [0.1, 0.15) is 11.6 Å². The van der Waals surface area contributed by atoms with Crippen molar-refractivity contribution in [3.05, 3.63) is 29.6 Å². The summed E-state index contributed by atoms with van der Waals surface area (Å²) in [7, 11) is 1.54. The zero-order valence-corrected chi connectivity index (χ0v) is 13.3. The Morgan fingerprint density at radius 3 is 2.57 bits per heavy atom. The standard InChI is InChI=1S/C15H22FN3OS/c1-11(15(17)21)19-7-5-18(6-8-19)10-12-3-4-13(20-2)9-14(12)16/h3-4,9,11H,5-8,10H2,1-2H3,(H2,17,21). The second-order valence-corrected chi connectivity index (χ2v) is 5.82. The van der Waals surface area contributed by atoms with Crippen LogP contribution in [0.4, 0.5) is 4.39 Å². The summed E-state index contributed by atoms with van der Waals surface area (Å²) in [6.45, 7) is 6.22. The molecule has 116 valence electrons. The predicted molar refractivity (Wildman–Crippen MR) is 86.0 cm³/mol. The quantitative estimate of drug-likeness (QED) is 0.837. The molecule has 4 nitrogen and oxygen atoms in total. The summed E-state index contributed by atoms with van der Waals surface area (Å²) in [5, 5.41) is 0. The van der Waals surface area contributed by atoms with Crippen LogP contribution in [0.15, 0.2) is 18.2 Å². The van der Waals surface area contributed by atoms with Gasteiger partial charge in [0.15, 0.2) is 0 Å². The molecule has 6 heteroatoms. The fourth-order valence-corrected chi connectivity index (χ4v) is 2.66. The van der Waals surface area contributed by atoms with Gasteiger partial charge in [0.25, 0.3) is 0 Å². The molecule has 1 aromatic rings. The van der Waals surface area contributed by atoms with E-state index in [1.807, 2.05) is 6.92 Å². The van der Waals surface area contributed by atoms with Gasteiger partial charge < -0.3 is 10.5 Å². The van der Waals surface area contributed by atoms with Gasteiger partial charge in [-0.3, -0.25) is 9.80 Å². The summed E-state index contributed by atoms with van der Waals surface area (Å²) in [4.78, 5) is 5.04. The van der Waals surface area contributed by atoms with E-state index in [1.165, 1.54) is 13.2 Å². The van der Waals surface area contributed by atoms with E-state index in [-0.39, 0.29) is 11.9 Å². The minimum atomic E-state index is -0.215. The maximum absolute atomic E-state index is 14.0. The second-order valence-electron chi connectivity index (χ2n) is 5.35. The number of methoxy groups -OCH3 is 1. The molecule has 1 atom stereocenters. The van der Waals surface area contributed by atoms with E-state index < -0.39 is 0 Å². The highest BCUT2D eigenvalue weighted by atomic mass is 32.1. The Balaban J connectivity index is 1.90. The number of benzene rings is 1. The molecule has 1 aliphatic heterocycles. The number of piperazine rings is 1. The molecular formula is C15H22FN3OS. The van der Waals surface area contributed by atoms with Gasteiger partial charge >= 0.3 is 0 Å². The molecule has 0 spiro atoms. The predicted octanol–water partition coefficient (Wildman–Crippen LogP) is 1.63. The largest absolute Gasteiger partial charge is 0.497 e. The molecule has 1 fully saturated rings. The van der Waals surface area contributed by atoms with Gasteiger partial charge in [-0.2, -0.15) is 0 Å². The van der Waals surface area contributed by atoms with Crippen LogP contribution < -0.4 is 10.5 Å². The topological polar surface area (TPSA) is 41.7 Å². The molecule has 2 N–H and O–H groups in total. The summed E-state index contributed by atoms with van der Waals surface area (Å²) in [5.74, 6) is 0.333. The van der Waals surface area contributed by atoms with E-state index in [1.54, 1.807) is 12.1 Å². The Morgan fingerprint density at radius 1 is 1.38 bits per heavy atom. The molecule has 2 rings (SSSR count). The molecule has 0 radical (unpaired) electrons. The first-order chi connectivity index (χ1) is 10.0. The van der Waals surface area contributed by atoms with Gasteiger partial charge in [0.05, 0.1) is 18.1 Å². The Bertz CT molecular complexity index is 504. The molecule has 21 heavy (non-hydrogen) atoms. The highest BCUT2D eigenvalue weighted by Gasteiger charge is 2.22. The molecule has 1 aromatic carbocycles. The lowest BCUT2D eigenvalue weighted by Gasteiger charge is -2.37. The third-order valence-electron chi connectivity index (χ3n) is 4.02. The van der Waals surface area contributed by atoms with Gasteiger partial charge in [-0.25, -0.2) is 4.39 Å². The van der Waals surface area contributed by atoms with Crippen LogP contribution in [0.2, 0.25) is 0 Å². The van der Waals surface area contributed by atoms with E-state index in [0.29, 0.717) is 22.8 Å². The van der Waals surface area contributed by atoms with Crippen LogP contribution in [0.25, 0.3) is 0 Å². The molecule has 1 saturated heterocycles. The average Bonchev–Trinajstić information content (AvgIpc) is 2.49. The third kappa shape index (κ3) is 4.12. The summed E-state index contributed by atoms with van der Waals surface area (Å²) < 4.78 is 19.0. The van der Waals surface area contributed by atoms with Crippen LogP contribution in [0.3, 0.4) is 0 Å². The Labute approximate surface area is 130 Å². The molecule has 0 saturated carbocycles. The summed E-state index contributed by atoms with van der Waals surface area (Å²) in [5.41, 5.74) is 6.39. The number of nitrogens with two attached hydrogens (primary N) is 1. The van der Waals surface area contributed by atoms with Crippen molar-refractivity contribution in [1.82, 2.24) is 9.80 Å². The van der Waals surface area contributed by atoms with Crippen LogP contribution in [-0.4, -0.2) is 54.1 Å². The van der Waals surface area contributed by atoms with E-state index in [4.69, 9.17) is 22.7 Å². The number of hydrogen-bond acceptors (Lipinski definition) is 4. The lowest BCUT2D eigenvalue weighted by molar-refractivity contribution is 0.117. The fraction of sp³-hybridized carbons (Fsp3) is 0.533. The van der Waals surface area contributed by atoms with Crippen LogP contribution in [0.5, 0.6) is 5.75 Å². The molecule has 1 heterocycles. The van der Waals surface area contributed by atoms with Crippen molar-refractivity contribution in [3.8, 4) is 5.75 Å². The van der Waals surface area contributed by atoms with Crippen LogP contribution >= 0.6 is 12.2 Å².